The lowest BCUT2D eigenvalue weighted by molar-refractivity contribution is -0.302. The Morgan fingerprint density at radius 3 is 2.59 bits per heavy atom. The Bertz CT molecular complexity index is 1110. The predicted octanol–water partition coefficient (Wildman–Crippen LogP) is 2.68. The Hall–Kier alpha value is -2.65. The topological polar surface area (TPSA) is 126 Å². The van der Waals surface area contributed by atoms with E-state index in [1.54, 1.807) is 24.3 Å². The molecule has 0 bridgehead atoms. The normalized spacial score (nSPS) is 12.8. The molecule has 2 aromatic carbocycles. The summed E-state index contributed by atoms with van der Waals surface area (Å²) in [5.74, 6) is 1.77. The highest BCUT2D eigenvalue weighted by atomic mass is 32.7. The molecule has 0 aliphatic carbocycles. The van der Waals surface area contributed by atoms with Crippen LogP contribution < -0.4 is 28.7 Å². The van der Waals surface area contributed by atoms with E-state index in [2.05, 4.69) is 5.16 Å². The minimum atomic E-state index is -4.86. The van der Waals surface area contributed by atoms with E-state index in [-0.39, 0.29) is 28.8 Å². The molecule has 4 rings (SSSR count). The van der Waals surface area contributed by atoms with Gasteiger partial charge in [0.1, 0.15) is 17.7 Å². The van der Waals surface area contributed by atoms with Gasteiger partial charge >= 0.3 is 0 Å². The van der Waals surface area contributed by atoms with Gasteiger partial charge in [-0.1, -0.05) is 22.6 Å². The zero-order chi connectivity index (χ0) is 20.6. The summed E-state index contributed by atoms with van der Waals surface area (Å²) in [7, 11) is 2.91. The second kappa shape index (κ2) is 7.64. The second-order valence-corrected chi connectivity index (χ2v) is 9.30. The first-order valence-corrected chi connectivity index (χ1v) is 11.2. The average molecular weight is 435 g/mol. The van der Waals surface area contributed by atoms with E-state index in [1.165, 1.54) is 26.5 Å². The molecule has 9 nitrogen and oxygen atoms in total. The van der Waals surface area contributed by atoms with Crippen LogP contribution in [0.15, 0.2) is 46.0 Å². The fraction of sp³-hybridized carbons (Fsp3) is 0.167. The predicted molar refractivity (Wildman–Crippen MR) is 100 cm³/mol. The van der Waals surface area contributed by atoms with Gasteiger partial charge in [0.05, 0.1) is 19.1 Å². The quantitative estimate of drug-likeness (QED) is 0.533. The van der Waals surface area contributed by atoms with Crippen LogP contribution in [0.3, 0.4) is 0 Å². The number of methoxy groups -OCH3 is 2. The Kier molecular flexibility index (Phi) is 5.18. The zero-order valence-corrected chi connectivity index (χ0v) is 17.0. The number of hydrogen-bond acceptors (Lipinski definition) is 10. The summed E-state index contributed by atoms with van der Waals surface area (Å²) in [6, 6.07) is 8.30. The summed E-state index contributed by atoms with van der Waals surface area (Å²) in [5.41, 5.74) is 2.31. The molecule has 0 radical (unpaired) electrons. The van der Waals surface area contributed by atoms with Crippen molar-refractivity contribution in [3.8, 4) is 45.4 Å². The maximum Gasteiger partial charge on any atom is 0.231 e. The van der Waals surface area contributed by atoms with E-state index in [1.807, 2.05) is 0 Å². The maximum atomic E-state index is 11.2. The number of nitrogens with zero attached hydrogens (tertiary/aromatic N) is 1. The third-order valence-corrected chi connectivity index (χ3v) is 6.19. The van der Waals surface area contributed by atoms with Crippen LogP contribution >= 0.6 is 18.2 Å². The van der Waals surface area contributed by atoms with E-state index in [0.29, 0.717) is 39.6 Å². The molecule has 1 aliphatic heterocycles. The average Bonchev–Trinajstić information content (AvgIpc) is 3.35. The maximum absolute atomic E-state index is 11.2. The van der Waals surface area contributed by atoms with Gasteiger partial charge in [0.25, 0.3) is 0 Å². The minimum Gasteiger partial charge on any atom is -0.803 e. The third kappa shape index (κ3) is 3.92. The molecule has 0 N–H and O–H groups in total. The molecule has 152 valence electrons. The number of ether oxygens (including phenoxy) is 4. The third-order valence-electron chi connectivity index (χ3n) is 4.19. The zero-order valence-electron chi connectivity index (χ0n) is 15.2. The molecular weight excluding hydrogens is 421 g/mol. The molecule has 0 unspecified atom stereocenters. The monoisotopic (exact) mass is 435 g/mol. The molecule has 1 aromatic heterocycles. The number of rotatable bonds is 6. The van der Waals surface area contributed by atoms with E-state index in [9.17, 15) is 14.4 Å². The Morgan fingerprint density at radius 1 is 1.07 bits per heavy atom. The van der Waals surface area contributed by atoms with Crippen LogP contribution in [0.25, 0.3) is 22.4 Å². The van der Waals surface area contributed by atoms with Gasteiger partial charge in [0.15, 0.2) is 11.5 Å². The van der Waals surface area contributed by atoms with Crippen molar-refractivity contribution < 1.29 is 37.8 Å². The van der Waals surface area contributed by atoms with Gasteiger partial charge in [0.2, 0.25) is 12.5 Å². The molecule has 0 saturated heterocycles. The van der Waals surface area contributed by atoms with E-state index in [4.69, 9.17) is 23.5 Å². The highest BCUT2D eigenvalue weighted by Gasteiger charge is 2.23. The van der Waals surface area contributed by atoms with Crippen LogP contribution in [0.5, 0.6) is 23.0 Å². The molecule has 1 aliphatic rings. The van der Waals surface area contributed by atoms with Gasteiger partial charge < -0.3 is 37.8 Å². The van der Waals surface area contributed by atoms with Gasteiger partial charge in [-0.05, 0) is 36.6 Å². The summed E-state index contributed by atoms with van der Waals surface area (Å²) in [5, 5.41) is 4.07. The number of aromatic nitrogens is 1. The highest BCUT2D eigenvalue weighted by Crippen LogP contribution is 2.51. The van der Waals surface area contributed by atoms with E-state index in [0.717, 1.165) is 0 Å². The van der Waals surface area contributed by atoms with Gasteiger partial charge in [-0.2, -0.15) is 0 Å². The van der Waals surface area contributed by atoms with Crippen molar-refractivity contribution in [2.75, 3.05) is 21.0 Å². The van der Waals surface area contributed by atoms with Gasteiger partial charge in [-0.15, -0.1) is 0 Å². The van der Waals surface area contributed by atoms with Crippen molar-refractivity contribution in [1.29, 1.82) is 0 Å². The fourth-order valence-electron chi connectivity index (χ4n) is 2.95. The first-order valence-electron chi connectivity index (χ1n) is 8.22. The molecule has 3 aromatic rings. The SMILES string of the molecule is COc1ccc(-c2conc2-c2cc(OC)c3c(c2)OCO3)cc1SP(=O)([O-])[O-]. The fourth-order valence-corrected chi connectivity index (χ4v) is 4.76. The van der Waals surface area contributed by atoms with Crippen molar-refractivity contribution in [2.24, 2.45) is 0 Å². The number of fused-ring (bicyclic) bond motifs is 1. The number of benzene rings is 2. The first kappa shape index (κ1) is 19.7. The Morgan fingerprint density at radius 2 is 1.86 bits per heavy atom. The van der Waals surface area contributed by atoms with Crippen LogP contribution in [0, 0.1) is 0 Å². The molecule has 0 amide bonds. The second-order valence-electron chi connectivity index (χ2n) is 5.89. The molecule has 29 heavy (non-hydrogen) atoms. The molecule has 0 atom stereocenters. The van der Waals surface area contributed by atoms with Crippen molar-refractivity contribution in [2.45, 2.75) is 4.90 Å². The van der Waals surface area contributed by atoms with Gasteiger partial charge in [-0.3, -0.25) is 0 Å². The first-order chi connectivity index (χ1) is 13.9. The van der Waals surface area contributed by atoms with Crippen LogP contribution in [-0.2, 0) is 4.57 Å². The summed E-state index contributed by atoms with van der Waals surface area (Å²) in [4.78, 5) is 22.7. The van der Waals surface area contributed by atoms with Crippen molar-refractivity contribution in [1.82, 2.24) is 5.16 Å². The van der Waals surface area contributed by atoms with Gasteiger partial charge in [-0.25, -0.2) is 0 Å². The molecule has 0 saturated carbocycles. The minimum absolute atomic E-state index is 0.0876. The molecule has 2 heterocycles. The summed E-state index contributed by atoms with van der Waals surface area (Å²) in [6.07, 6.45) is 1.43. The molecule has 0 spiro atoms. The molecular formula is C18H14NO8PS-2. The molecule has 0 fully saturated rings. The Balaban J connectivity index is 1.80. The summed E-state index contributed by atoms with van der Waals surface area (Å²) >= 11 is 0.199. The summed E-state index contributed by atoms with van der Waals surface area (Å²) < 4.78 is 37.8. The van der Waals surface area contributed by atoms with Crippen molar-refractivity contribution in [3.63, 3.8) is 0 Å². The standard InChI is InChI=1S/C18H16NO8PS/c1-23-13-4-3-10(7-16(13)29-28(20,21)22)12-8-27-19-17(12)11-5-14(24-2)18-15(6-11)25-9-26-18/h3-8H,9H2,1-2H3,(H2,20,21,22)/p-2. The lowest BCUT2D eigenvalue weighted by Crippen LogP contribution is -2.09. The lowest BCUT2D eigenvalue weighted by Gasteiger charge is -2.28. The highest BCUT2D eigenvalue weighted by molar-refractivity contribution is 8.53. The van der Waals surface area contributed by atoms with E-state index >= 15 is 0 Å². The largest absolute Gasteiger partial charge is 0.803 e. The number of hydrogen-bond donors (Lipinski definition) is 0. The van der Waals surface area contributed by atoms with Crippen LogP contribution in [0.2, 0.25) is 0 Å². The van der Waals surface area contributed by atoms with Gasteiger partial charge in [0, 0.05) is 11.1 Å². The van der Waals surface area contributed by atoms with Crippen molar-refractivity contribution in [3.05, 3.63) is 36.6 Å². The lowest BCUT2D eigenvalue weighted by atomic mass is 10.0. The summed E-state index contributed by atoms with van der Waals surface area (Å²) in [6.45, 7) is -4.78. The van der Waals surface area contributed by atoms with Crippen molar-refractivity contribution >= 4 is 18.2 Å². The van der Waals surface area contributed by atoms with Crippen LogP contribution in [-0.4, -0.2) is 26.2 Å². The van der Waals surface area contributed by atoms with Crippen LogP contribution in [0.4, 0.5) is 0 Å². The van der Waals surface area contributed by atoms with Crippen LogP contribution in [0.1, 0.15) is 0 Å². The smallest absolute Gasteiger partial charge is 0.231 e. The molecule has 11 heteroatoms. The van der Waals surface area contributed by atoms with E-state index < -0.39 is 6.80 Å². The Labute approximate surface area is 169 Å².